The van der Waals surface area contributed by atoms with Crippen molar-refractivity contribution in [2.24, 2.45) is 0 Å². The largest absolute Gasteiger partial charge is 0.460 e. The molecule has 0 saturated carbocycles. The Hall–Kier alpha value is -6.58. The number of rotatable bonds is 6. The SMILES string of the molecule is C1=CC(c2ccc(N(c3ccc(-c4cccc5c4oc4ccccc45)cc3)c3cccc(-c4ccccc4)c3)cc2)=C2Oc3ccccc3C2C1. The predicted octanol–water partition coefficient (Wildman–Crippen LogP) is 13.2. The van der Waals surface area contributed by atoms with Crippen molar-refractivity contribution in [2.75, 3.05) is 4.90 Å². The van der Waals surface area contributed by atoms with Gasteiger partial charge in [0.15, 0.2) is 0 Å². The van der Waals surface area contributed by atoms with Gasteiger partial charge in [-0.25, -0.2) is 0 Å². The molecule has 0 spiro atoms. The van der Waals surface area contributed by atoms with E-state index in [0.29, 0.717) is 0 Å². The van der Waals surface area contributed by atoms with Crippen molar-refractivity contribution in [3.8, 4) is 28.0 Å². The molecular formula is C48H33NO2. The number of fused-ring (bicyclic) bond motifs is 6. The first-order valence-electron chi connectivity index (χ1n) is 17.5. The highest BCUT2D eigenvalue weighted by atomic mass is 16.5. The van der Waals surface area contributed by atoms with Crippen LogP contribution in [0.15, 0.2) is 192 Å². The fourth-order valence-electron chi connectivity index (χ4n) is 7.77. The maximum atomic E-state index is 6.45. The maximum absolute atomic E-state index is 6.45. The maximum Gasteiger partial charge on any atom is 0.143 e. The molecule has 0 fully saturated rings. The van der Waals surface area contributed by atoms with E-state index < -0.39 is 0 Å². The summed E-state index contributed by atoms with van der Waals surface area (Å²) in [5.74, 6) is 2.29. The van der Waals surface area contributed by atoms with Crippen LogP contribution in [-0.2, 0) is 0 Å². The van der Waals surface area contributed by atoms with Gasteiger partial charge in [0.2, 0.25) is 0 Å². The van der Waals surface area contributed by atoms with Gasteiger partial charge in [-0.2, -0.15) is 0 Å². The normalized spacial score (nSPS) is 14.8. The molecule has 1 aliphatic heterocycles. The molecule has 3 heteroatoms. The monoisotopic (exact) mass is 655 g/mol. The third-order valence-corrected chi connectivity index (χ3v) is 10.2. The molecule has 0 bridgehead atoms. The van der Waals surface area contributed by atoms with Crippen LogP contribution in [0.3, 0.4) is 0 Å². The predicted molar refractivity (Wildman–Crippen MR) is 210 cm³/mol. The summed E-state index contributed by atoms with van der Waals surface area (Å²) in [6, 6.07) is 60.1. The van der Waals surface area contributed by atoms with Crippen LogP contribution >= 0.6 is 0 Å². The summed E-state index contributed by atoms with van der Waals surface area (Å²) in [7, 11) is 0. The minimum absolute atomic E-state index is 0.266. The second kappa shape index (κ2) is 12.1. The summed E-state index contributed by atoms with van der Waals surface area (Å²) in [5, 5.41) is 2.27. The summed E-state index contributed by atoms with van der Waals surface area (Å²) in [6.45, 7) is 0. The van der Waals surface area contributed by atoms with Gasteiger partial charge >= 0.3 is 0 Å². The first-order chi connectivity index (χ1) is 25.3. The molecule has 0 saturated heterocycles. The molecule has 1 atom stereocenters. The molecule has 1 aliphatic carbocycles. The summed E-state index contributed by atoms with van der Waals surface area (Å²) in [6.07, 6.45) is 5.45. The van der Waals surface area contributed by atoms with Crippen molar-refractivity contribution >= 4 is 44.6 Å². The van der Waals surface area contributed by atoms with Gasteiger partial charge < -0.3 is 14.1 Å². The number of hydrogen-bond acceptors (Lipinski definition) is 3. The van der Waals surface area contributed by atoms with E-state index in [0.717, 1.165) is 79.2 Å². The summed E-state index contributed by atoms with van der Waals surface area (Å²) < 4.78 is 12.8. The Morgan fingerprint density at radius 2 is 1.20 bits per heavy atom. The minimum atomic E-state index is 0.266. The van der Waals surface area contributed by atoms with Gasteiger partial charge in [0, 0.05) is 50.5 Å². The summed E-state index contributed by atoms with van der Waals surface area (Å²) in [5.41, 5.74) is 13.2. The summed E-state index contributed by atoms with van der Waals surface area (Å²) in [4.78, 5) is 2.33. The highest BCUT2D eigenvalue weighted by Crippen LogP contribution is 2.48. The van der Waals surface area contributed by atoms with Crippen molar-refractivity contribution in [3.05, 3.63) is 199 Å². The molecule has 2 heterocycles. The molecule has 0 amide bonds. The Balaban J connectivity index is 1.05. The van der Waals surface area contributed by atoms with Crippen molar-refractivity contribution in [2.45, 2.75) is 12.3 Å². The number of nitrogens with zero attached hydrogens (tertiary/aromatic N) is 1. The number of allylic oxidation sites excluding steroid dienone is 4. The third-order valence-electron chi connectivity index (χ3n) is 10.2. The van der Waals surface area contributed by atoms with Crippen LogP contribution < -0.4 is 9.64 Å². The molecule has 7 aromatic carbocycles. The highest BCUT2D eigenvalue weighted by Gasteiger charge is 2.32. The molecule has 1 unspecified atom stereocenters. The lowest BCUT2D eigenvalue weighted by Crippen LogP contribution is -2.10. The number of furan rings is 1. The first kappa shape index (κ1) is 29.3. The van der Waals surface area contributed by atoms with Crippen LogP contribution in [-0.4, -0.2) is 0 Å². The van der Waals surface area contributed by atoms with E-state index >= 15 is 0 Å². The third kappa shape index (κ3) is 5.05. The van der Waals surface area contributed by atoms with Crippen LogP contribution in [0.4, 0.5) is 17.1 Å². The molecule has 0 N–H and O–H groups in total. The number of anilines is 3. The van der Waals surface area contributed by atoms with Crippen molar-refractivity contribution < 1.29 is 9.15 Å². The quantitative estimate of drug-likeness (QED) is 0.178. The Kier molecular flexibility index (Phi) is 6.95. The van der Waals surface area contributed by atoms with Gasteiger partial charge in [0.25, 0.3) is 0 Å². The first-order valence-corrected chi connectivity index (χ1v) is 17.5. The fourth-order valence-corrected chi connectivity index (χ4v) is 7.77. The molecule has 1 aromatic heterocycles. The zero-order valence-electron chi connectivity index (χ0n) is 27.9. The van der Waals surface area contributed by atoms with Gasteiger partial charge in [-0.3, -0.25) is 0 Å². The van der Waals surface area contributed by atoms with Crippen LogP contribution in [0.5, 0.6) is 5.75 Å². The molecule has 10 rings (SSSR count). The average Bonchev–Trinajstić information content (AvgIpc) is 3.78. The lowest BCUT2D eigenvalue weighted by molar-refractivity contribution is 0.429. The van der Waals surface area contributed by atoms with Crippen LogP contribution in [0, 0.1) is 0 Å². The Morgan fingerprint density at radius 3 is 2.04 bits per heavy atom. The second-order valence-corrected chi connectivity index (χ2v) is 13.2. The van der Waals surface area contributed by atoms with Crippen molar-refractivity contribution in [1.29, 1.82) is 0 Å². The van der Waals surface area contributed by atoms with E-state index in [-0.39, 0.29) is 5.92 Å². The molecular weight excluding hydrogens is 623 g/mol. The van der Waals surface area contributed by atoms with Gasteiger partial charge in [-0.1, -0.05) is 133 Å². The number of para-hydroxylation sites is 3. The minimum Gasteiger partial charge on any atom is -0.460 e. The van der Waals surface area contributed by atoms with E-state index in [1.165, 1.54) is 16.7 Å². The molecule has 8 aromatic rings. The van der Waals surface area contributed by atoms with Gasteiger partial charge in [-0.15, -0.1) is 0 Å². The second-order valence-electron chi connectivity index (χ2n) is 13.2. The molecule has 0 radical (unpaired) electrons. The molecule has 242 valence electrons. The highest BCUT2D eigenvalue weighted by molar-refractivity contribution is 6.09. The number of hydrogen-bond donors (Lipinski definition) is 0. The fraction of sp³-hybridized carbons (Fsp3) is 0.0417. The zero-order chi connectivity index (χ0) is 33.7. The molecule has 2 aliphatic rings. The van der Waals surface area contributed by atoms with E-state index in [1.54, 1.807) is 0 Å². The van der Waals surface area contributed by atoms with Crippen LogP contribution in [0.1, 0.15) is 23.5 Å². The van der Waals surface area contributed by atoms with Crippen LogP contribution in [0.2, 0.25) is 0 Å². The van der Waals surface area contributed by atoms with E-state index in [9.17, 15) is 0 Å². The van der Waals surface area contributed by atoms with E-state index in [1.807, 2.05) is 18.2 Å². The van der Waals surface area contributed by atoms with E-state index in [4.69, 9.17) is 9.15 Å². The Bertz CT molecular complexity index is 2630. The number of ether oxygens (including phenoxy) is 1. The van der Waals surface area contributed by atoms with Crippen LogP contribution in [0.25, 0.3) is 49.8 Å². The molecule has 51 heavy (non-hydrogen) atoms. The topological polar surface area (TPSA) is 25.6 Å². The lowest BCUT2D eigenvalue weighted by atomic mass is 9.87. The number of benzene rings is 7. The standard InChI is InChI=1S/C48H33NO2/c1-2-11-32(12-3-1)35-13-8-14-38(31-35)49(36-27-23-33(24-28-36)39-17-9-19-43-41-15-4-6-21-45(41)50-47(39)43)37-29-25-34(26-30-37)40-18-10-20-44-42-16-5-7-22-46(42)51-48(40)44/h1-19,21-31,44H,20H2. The van der Waals surface area contributed by atoms with Gasteiger partial charge in [0.1, 0.15) is 22.7 Å². The lowest BCUT2D eigenvalue weighted by Gasteiger charge is -2.27. The Morgan fingerprint density at radius 1 is 0.510 bits per heavy atom. The van der Waals surface area contributed by atoms with Crippen molar-refractivity contribution in [1.82, 2.24) is 0 Å². The van der Waals surface area contributed by atoms with Gasteiger partial charge in [0.05, 0.1) is 0 Å². The van der Waals surface area contributed by atoms with E-state index in [2.05, 4.69) is 169 Å². The summed E-state index contributed by atoms with van der Waals surface area (Å²) >= 11 is 0. The smallest absolute Gasteiger partial charge is 0.143 e. The van der Waals surface area contributed by atoms with Crippen molar-refractivity contribution in [3.63, 3.8) is 0 Å². The average molecular weight is 656 g/mol. The molecule has 3 nitrogen and oxygen atoms in total. The Labute approximate surface area is 297 Å². The zero-order valence-corrected chi connectivity index (χ0v) is 27.9. The van der Waals surface area contributed by atoms with Gasteiger partial charge in [-0.05, 0) is 77.2 Å².